The van der Waals surface area contributed by atoms with Gasteiger partial charge < -0.3 is 5.32 Å². The average molecular weight is 322 g/mol. The molecular formula is C14H16BrN3O. The number of anilines is 1. The van der Waals surface area contributed by atoms with Crippen LogP contribution in [0.25, 0.3) is 0 Å². The van der Waals surface area contributed by atoms with Crippen molar-refractivity contribution in [1.82, 2.24) is 9.78 Å². The van der Waals surface area contributed by atoms with Crippen LogP contribution in [0.15, 0.2) is 30.5 Å². The number of benzene rings is 1. The van der Waals surface area contributed by atoms with E-state index in [0.717, 1.165) is 23.1 Å². The topological polar surface area (TPSA) is 46.9 Å². The average Bonchev–Trinajstić information content (AvgIpc) is 2.73. The van der Waals surface area contributed by atoms with Crippen molar-refractivity contribution < 1.29 is 4.79 Å². The highest BCUT2D eigenvalue weighted by Crippen LogP contribution is 2.13. The predicted octanol–water partition coefficient (Wildman–Crippen LogP) is 2.92. The highest BCUT2D eigenvalue weighted by atomic mass is 79.9. The van der Waals surface area contributed by atoms with Gasteiger partial charge in [0.15, 0.2) is 0 Å². The molecule has 1 aromatic heterocycles. The number of nitrogens with zero attached hydrogens (tertiary/aromatic N) is 2. The van der Waals surface area contributed by atoms with E-state index in [9.17, 15) is 4.79 Å². The Balaban J connectivity index is 2.08. The number of nitrogens with one attached hydrogen (secondary N) is 1. The number of hydrogen-bond donors (Lipinski definition) is 1. The lowest BCUT2D eigenvalue weighted by atomic mass is 10.1. The predicted molar refractivity (Wildman–Crippen MR) is 79.8 cm³/mol. The van der Waals surface area contributed by atoms with E-state index < -0.39 is 0 Å². The summed E-state index contributed by atoms with van der Waals surface area (Å²) >= 11 is 3.41. The van der Waals surface area contributed by atoms with Crippen molar-refractivity contribution in [2.24, 2.45) is 7.05 Å². The smallest absolute Gasteiger partial charge is 0.259 e. The normalized spacial score (nSPS) is 10.5. The van der Waals surface area contributed by atoms with Gasteiger partial charge in [-0.25, -0.2) is 0 Å². The molecule has 0 aliphatic heterocycles. The number of amides is 1. The zero-order chi connectivity index (χ0) is 13.8. The van der Waals surface area contributed by atoms with Crippen LogP contribution in [0.5, 0.6) is 0 Å². The van der Waals surface area contributed by atoms with Crippen LogP contribution < -0.4 is 5.32 Å². The molecule has 0 aliphatic carbocycles. The number of halogens is 1. The minimum Gasteiger partial charge on any atom is -0.322 e. The third kappa shape index (κ3) is 3.23. The number of hydrogen-bond acceptors (Lipinski definition) is 2. The van der Waals surface area contributed by atoms with Gasteiger partial charge in [-0.1, -0.05) is 28.1 Å². The molecule has 19 heavy (non-hydrogen) atoms. The van der Waals surface area contributed by atoms with Crippen molar-refractivity contribution in [3.05, 3.63) is 47.3 Å². The fourth-order valence-corrected chi connectivity index (χ4v) is 2.24. The third-order valence-electron chi connectivity index (χ3n) is 3.07. The summed E-state index contributed by atoms with van der Waals surface area (Å²) in [5.74, 6) is -0.126. The molecule has 0 saturated carbocycles. The number of carbonyl (C=O) groups is 1. The van der Waals surface area contributed by atoms with Gasteiger partial charge >= 0.3 is 0 Å². The molecule has 1 amide bonds. The standard InChI is InChI=1S/C14H16BrN3O/c1-10-13(9-16-18(10)2)14(19)17-12-5-3-11(4-6-12)7-8-15/h3-6,9H,7-8H2,1-2H3,(H,17,19). The molecule has 1 heterocycles. The van der Waals surface area contributed by atoms with E-state index >= 15 is 0 Å². The van der Waals surface area contributed by atoms with Crippen LogP contribution in [0.3, 0.4) is 0 Å². The molecule has 0 radical (unpaired) electrons. The van der Waals surface area contributed by atoms with E-state index in [1.807, 2.05) is 38.2 Å². The SMILES string of the molecule is Cc1c(C(=O)Nc2ccc(CCBr)cc2)cnn1C. The van der Waals surface area contributed by atoms with Crippen LogP contribution in [0.2, 0.25) is 0 Å². The zero-order valence-corrected chi connectivity index (χ0v) is 12.6. The highest BCUT2D eigenvalue weighted by Gasteiger charge is 2.12. The molecule has 0 fully saturated rings. The van der Waals surface area contributed by atoms with Gasteiger partial charge in [0.25, 0.3) is 5.91 Å². The van der Waals surface area contributed by atoms with Gasteiger partial charge in [0.1, 0.15) is 0 Å². The molecule has 5 heteroatoms. The maximum Gasteiger partial charge on any atom is 0.259 e. The molecule has 0 aliphatic rings. The largest absolute Gasteiger partial charge is 0.322 e. The summed E-state index contributed by atoms with van der Waals surface area (Å²) < 4.78 is 1.69. The monoisotopic (exact) mass is 321 g/mol. The minimum atomic E-state index is -0.126. The number of aromatic nitrogens is 2. The van der Waals surface area contributed by atoms with Gasteiger partial charge in [0.05, 0.1) is 11.8 Å². The summed E-state index contributed by atoms with van der Waals surface area (Å²) in [5, 5.41) is 7.88. The first-order valence-electron chi connectivity index (χ1n) is 6.06. The Kier molecular flexibility index (Phi) is 4.37. The molecule has 1 N–H and O–H groups in total. The van der Waals surface area contributed by atoms with Crippen molar-refractivity contribution in [1.29, 1.82) is 0 Å². The van der Waals surface area contributed by atoms with Crippen LogP contribution in [-0.2, 0) is 13.5 Å². The molecule has 0 bridgehead atoms. The summed E-state index contributed by atoms with van der Waals surface area (Å²) in [5.41, 5.74) is 3.50. The third-order valence-corrected chi connectivity index (χ3v) is 3.47. The van der Waals surface area contributed by atoms with Crippen molar-refractivity contribution >= 4 is 27.5 Å². The van der Waals surface area contributed by atoms with Crippen molar-refractivity contribution in [2.45, 2.75) is 13.3 Å². The first-order valence-corrected chi connectivity index (χ1v) is 7.19. The maximum atomic E-state index is 12.1. The van der Waals surface area contributed by atoms with Crippen LogP contribution in [-0.4, -0.2) is 21.0 Å². The van der Waals surface area contributed by atoms with E-state index in [1.165, 1.54) is 5.56 Å². The quantitative estimate of drug-likeness (QED) is 0.880. The van der Waals surface area contributed by atoms with Gasteiger partial charge in [0, 0.05) is 23.8 Å². The molecule has 2 aromatic rings. The van der Waals surface area contributed by atoms with Crippen molar-refractivity contribution in [3.8, 4) is 0 Å². The Morgan fingerprint density at radius 3 is 2.58 bits per heavy atom. The van der Waals surface area contributed by atoms with E-state index in [2.05, 4.69) is 26.3 Å². The molecular weight excluding hydrogens is 306 g/mol. The molecule has 1 aromatic carbocycles. The second-order valence-corrected chi connectivity index (χ2v) is 5.15. The van der Waals surface area contributed by atoms with Gasteiger partial charge in [-0.2, -0.15) is 5.10 Å². The van der Waals surface area contributed by atoms with Crippen LogP contribution in [0.1, 0.15) is 21.6 Å². The summed E-state index contributed by atoms with van der Waals surface area (Å²) in [6.07, 6.45) is 2.57. The van der Waals surface area contributed by atoms with Gasteiger partial charge in [-0.15, -0.1) is 0 Å². The fourth-order valence-electron chi connectivity index (χ4n) is 1.78. The Morgan fingerprint density at radius 1 is 1.37 bits per heavy atom. The zero-order valence-electron chi connectivity index (χ0n) is 11.0. The molecule has 0 saturated heterocycles. The maximum absolute atomic E-state index is 12.1. The van der Waals surface area contributed by atoms with Crippen molar-refractivity contribution in [3.63, 3.8) is 0 Å². The van der Waals surface area contributed by atoms with Crippen LogP contribution >= 0.6 is 15.9 Å². The molecule has 100 valence electrons. The summed E-state index contributed by atoms with van der Waals surface area (Å²) in [4.78, 5) is 12.1. The lowest BCUT2D eigenvalue weighted by molar-refractivity contribution is 0.102. The Labute approximate surface area is 120 Å². The molecule has 0 unspecified atom stereocenters. The van der Waals surface area contributed by atoms with Gasteiger partial charge in [0.2, 0.25) is 0 Å². The van der Waals surface area contributed by atoms with Gasteiger partial charge in [-0.05, 0) is 31.0 Å². The van der Waals surface area contributed by atoms with Crippen molar-refractivity contribution in [2.75, 3.05) is 10.6 Å². The Bertz CT molecular complexity index is 575. The van der Waals surface area contributed by atoms with Crippen LogP contribution in [0.4, 0.5) is 5.69 Å². The number of rotatable bonds is 4. The number of carbonyl (C=O) groups excluding carboxylic acids is 1. The van der Waals surface area contributed by atoms with E-state index in [-0.39, 0.29) is 5.91 Å². The molecule has 0 atom stereocenters. The van der Waals surface area contributed by atoms with E-state index in [1.54, 1.807) is 10.9 Å². The lowest BCUT2D eigenvalue weighted by Crippen LogP contribution is -2.12. The van der Waals surface area contributed by atoms with E-state index in [0.29, 0.717) is 5.56 Å². The second-order valence-electron chi connectivity index (χ2n) is 4.36. The molecule has 4 nitrogen and oxygen atoms in total. The molecule has 2 rings (SSSR count). The minimum absolute atomic E-state index is 0.126. The first-order chi connectivity index (χ1) is 9.11. The van der Waals surface area contributed by atoms with Crippen LogP contribution in [0, 0.1) is 6.92 Å². The number of alkyl halides is 1. The Hall–Kier alpha value is -1.62. The highest BCUT2D eigenvalue weighted by molar-refractivity contribution is 9.09. The van der Waals surface area contributed by atoms with Gasteiger partial charge in [-0.3, -0.25) is 9.48 Å². The summed E-state index contributed by atoms with van der Waals surface area (Å²) in [7, 11) is 1.82. The molecule has 0 spiro atoms. The lowest BCUT2D eigenvalue weighted by Gasteiger charge is -2.06. The summed E-state index contributed by atoms with van der Waals surface area (Å²) in [6, 6.07) is 7.88. The number of aryl methyl sites for hydroxylation is 2. The Morgan fingerprint density at radius 2 is 2.05 bits per heavy atom. The second kappa shape index (κ2) is 6.02. The fraction of sp³-hybridized carbons (Fsp3) is 0.286. The van der Waals surface area contributed by atoms with E-state index in [4.69, 9.17) is 0 Å². The summed E-state index contributed by atoms with van der Waals surface area (Å²) in [6.45, 7) is 1.88. The first kappa shape index (κ1) is 13.8.